The Morgan fingerprint density at radius 1 is 1.12 bits per heavy atom. The van der Waals surface area contributed by atoms with Crippen LogP contribution >= 0.6 is 0 Å². The zero-order chi connectivity index (χ0) is 17.7. The molecule has 0 bridgehead atoms. The molecular formula is C21H25NO3. The van der Waals surface area contributed by atoms with E-state index >= 15 is 0 Å². The first-order chi connectivity index (χ1) is 12.1. The van der Waals surface area contributed by atoms with Crippen LogP contribution in [-0.4, -0.2) is 43.2 Å². The molecule has 0 aromatic heterocycles. The number of carbonyl (C=O) groups is 1. The Morgan fingerprint density at radius 2 is 1.84 bits per heavy atom. The van der Waals surface area contributed by atoms with E-state index in [1.54, 1.807) is 7.11 Å². The highest BCUT2D eigenvalue weighted by Crippen LogP contribution is 2.27. The molecule has 4 heteroatoms. The lowest BCUT2D eigenvalue weighted by atomic mass is 9.92. The number of amides is 1. The molecule has 1 fully saturated rings. The van der Waals surface area contributed by atoms with Gasteiger partial charge in [0.25, 0.3) is 5.91 Å². The van der Waals surface area contributed by atoms with Crippen molar-refractivity contribution in [3.8, 4) is 5.75 Å². The van der Waals surface area contributed by atoms with Crippen molar-refractivity contribution in [3.05, 3.63) is 65.7 Å². The lowest BCUT2D eigenvalue weighted by Crippen LogP contribution is -2.54. The summed E-state index contributed by atoms with van der Waals surface area (Å²) in [6.07, 6.45) is 1.79. The van der Waals surface area contributed by atoms with Gasteiger partial charge in [-0.1, -0.05) is 36.4 Å². The molecule has 132 valence electrons. The predicted molar refractivity (Wildman–Crippen MR) is 98.0 cm³/mol. The van der Waals surface area contributed by atoms with Crippen LogP contribution in [0.5, 0.6) is 5.75 Å². The lowest BCUT2D eigenvalue weighted by molar-refractivity contribution is -0.0825. The van der Waals surface area contributed by atoms with Crippen LogP contribution in [0.1, 0.15) is 28.8 Å². The minimum absolute atomic E-state index is 0.0685. The number of rotatable bonds is 5. The van der Waals surface area contributed by atoms with Crippen molar-refractivity contribution in [1.29, 1.82) is 0 Å². The van der Waals surface area contributed by atoms with E-state index in [1.807, 2.05) is 66.4 Å². The van der Waals surface area contributed by atoms with Gasteiger partial charge in [0, 0.05) is 19.2 Å². The highest BCUT2D eigenvalue weighted by Gasteiger charge is 2.38. The van der Waals surface area contributed by atoms with Gasteiger partial charge >= 0.3 is 0 Å². The Bertz CT molecular complexity index is 716. The van der Waals surface area contributed by atoms with Crippen molar-refractivity contribution >= 4 is 5.91 Å². The van der Waals surface area contributed by atoms with Crippen LogP contribution in [0, 0.1) is 6.92 Å². The van der Waals surface area contributed by atoms with Crippen LogP contribution in [-0.2, 0) is 4.74 Å². The second-order valence-electron chi connectivity index (χ2n) is 6.63. The lowest BCUT2D eigenvalue weighted by Gasteiger charge is -2.41. The van der Waals surface area contributed by atoms with E-state index in [-0.39, 0.29) is 5.91 Å². The van der Waals surface area contributed by atoms with Gasteiger partial charge < -0.3 is 14.4 Å². The highest BCUT2D eigenvalue weighted by atomic mass is 16.5. The maximum Gasteiger partial charge on any atom is 0.254 e. The quantitative estimate of drug-likeness (QED) is 0.834. The van der Waals surface area contributed by atoms with Gasteiger partial charge in [0.15, 0.2) is 0 Å². The molecule has 3 rings (SSSR count). The third-order valence-corrected chi connectivity index (χ3v) is 4.88. The number of piperidine rings is 1. The number of benzene rings is 2. The van der Waals surface area contributed by atoms with Crippen LogP contribution in [0.15, 0.2) is 54.6 Å². The highest BCUT2D eigenvalue weighted by molar-refractivity contribution is 5.95. The number of hydrogen-bond donors (Lipinski definition) is 0. The third kappa shape index (κ3) is 4.02. The zero-order valence-electron chi connectivity index (χ0n) is 14.9. The molecule has 2 aromatic carbocycles. The minimum Gasteiger partial charge on any atom is -0.491 e. The molecular weight excluding hydrogens is 314 g/mol. The molecule has 1 amide bonds. The molecule has 1 aliphatic rings. The average Bonchev–Trinajstić information content (AvgIpc) is 2.67. The van der Waals surface area contributed by atoms with E-state index in [1.165, 1.54) is 0 Å². The van der Waals surface area contributed by atoms with Crippen molar-refractivity contribution in [2.24, 2.45) is 0 Å². The third-order valence-electron chi connectivity index (χ3n) is 4.88. The molecule has 1 unspecified atom stereocenters. The van der Waals surface area contributed by atoms with Crippen molar-refractivity contribution in [2.75, 3.05) is 26.8 Å². The molecule has 0 aliphatic carbocycles. The van der Waals surface area contributed by atoms with E-state index in [0.717, 1.165) is 36.3 Å². The van der Waals surface area contributed by atoms with Gasteiger partial charge in [0.2, 0.25) is 0 Å². The molecule has 2 aromatic rings. The van der Waals surface area contributed by atoms with Crippen molar-refractivity contribution in [1.82, 2.24) is 4.90 Å². The number of nitrogens with zero attached hydrogens (tertiary/aromatic N) is 1. The summed E-state index contributed by atoms with van der Waals surface area (Å²) >= 11 is 0. The van der Waals surface area contributed by atoms with Crippen molar-refractivity contribution in [3.63, 3.8) is 0 Å². The summed E-state index contributed by atoms with van der Waals surface area (Å²) in [5.74, 6) is 0.889. The molecule has 1 saturated heterocycles. The fourth-order valence-corrected chi connectivity index (χ4v) is 3.33. The summed E-state index contributed by atoms with van der Waals surface area (Å²) in [6, 6.07) is 17.4. The van der Waals surface area contributed by atoms with Gasteiger partial charge in [0.1, 0.15) is 18.0 Å². The molecule has 0 N–H and O–H groups in total. The van der Waals surface area contributed by atoms with Gasteiger partial charge in [0.05, 0.1) is 6.54 Å². The fourth-order valence-electron chi connectivity index (χ4n) is 3.33. The Labute approximate surface area is 149 Å². The van der Waals surface area contributed by atoms with Gasteiger partial charge in [-0.2, -0.15) is 0 Å². The number of aryl methyl sites for hydroxylation is 1. The number of para-hydroxylation sites is 1. The summed E-state index contributed by atoms with van der Waals surface area (Å²) in [5, 5.41) is 0. The molecule has 4 nitrogen and oxygen atoms in total. The second-order valence-corrected chi connectivity index (χ2v) is 6.63. The molecule has 1 heterocycles. The minimum atomic E-state index is -0.466. The Kier molecular flexibility index (Phi) is 5.39. The first kappa shape index (κ1) is 17.5. The van der Waals surface area contributed by atoms with Gasteiger partial charge in [-0.25, -0.2) is 0 Å². The fraction of sp³-hybridized carbons (Fsp3) is 0.381. The standard InChI is InChI=1S/C21H25NO3/c1-17-9-6-7-12-19(17)20(23)22-14-8-13-21(15-22,24-2)16-25-18-10-4-3-5-11-18/h3-7,9-12H,8,13-16H2,1-2H3. The maximum atomic E-state index is 12.9. The monoisotopic (exact) mass is 339 g/mol. The number of ether oxygens (including phenoxy) is 2. The van der Waals surface area contributed by atoms with Crippen molar-refractivity contribution in [2.45, 2.75) is 25.4 Å². The van der Waals surface area contributed by atoms with E-state index in [9.17, 15) is 4.79 Å². The predicted octanol–water partition coefficient (Wildman–Crippen LogP) is 3.70. The summed E-state index contributed by atoms with van der Waals surface area (Å²) in [4.78, 5) is 14.8. The van der Waals surface area contributed by atoms with Crippen LogP contribution in [0.2, 0.25) is 0 Å². The SMILES string of the molecule is COC1(COc2ccccc2)CCCN(C(=O)c2ccccc2C)C1. The second kappa shape index (κ2) is 7.70. The van der Waals surface area contributed by atoms with Gasteiger partial charge in [-0.05, 0) is 43.5 Å². The molecule has 0 saturated carbocycles. The first-order valence-corrected chi connectivity index (χ1v) is 8.71. The number of carbonyl (C=O) groups excluding carboxylic acids is 1. The van der Waals surface area contributed by atoms with Gasteiger partial charge in [-0.15, -0.1) is 0 Å². The Morgan fingerprint density at radius 3 is 2.56 bits per heavy atom. The van der Waals surface area contributed by atoms with E-state index in [4.69, 9.17) is 9.47 Å². The topological polar surface area (TPSA) is 38.8 Å². The first-order valence-electron chi connectivity index (χ1n) is 8.71. The van der Waals surface area contributed by atoms with E-state index in [0.29, 0.717) is 13.2 Å². The number of likely N-dealkylation sites (tertiary alicyclic amines) is 1. The number of methoxy groups -OCH3 is 1. The zero-order valence-corrected chi connectivity index (χ0v) is 14.9. The number of hydrogen-bond acceptors (Lipinski definition) is 3. The van der Waals surface area contributed by atoms with Crippen LogP contribution < -0.4 is 4.74 Å². The summed E-state index contributed by atoms with van der Waals surface area (Å²) in [5.41, 5.74) is 1.30. The molecule has 1 atom stereocenters. The maximum absolute atomic E-state index is 12.9. The molecule has 1 aliphatic heterocycles. The van der Waals surface area contributed by atoms with Crippen LogP contribution in [0.3, 0.4) is 0 Å². The normalized spacial score (nSPS) is 20.3. The van der Waals surface area contributed by atoms with Gasteiger partial charge in [-0.3, -0.25) is 4.79 Å². The van der Waals surface area contributed by atoms with Crippen molar-refractivity contribution < 1.29 is 14.3 Å². The Hall–Kier alpha value is -2.33. The average molecular weight is 339 g/mol. The Balaban J connectivity index is 1.71. The van der Waals surface area contributed by atoms with E-state index < -0.39 is 5.60 Å². The molecule has 25 heavy (non-hydrogen) atoms. The largest absolute Gasteiger partial charge is 0.491 e. The molecule has 0 radical (unpaired) electrons. The molecule has 0 spiro atoms. The van der Waals surface area contributed by atoms with E-state index in [2.05, 4.69) is 0 Å². The van der Waals surface area contributed by atoms with Crippen LogP contribution in [0.25, 0.3) is 0 Å². The summed E-state index contributed by atoms with van der Waals surface area (Å²) in [7, 11) is 1.70. The smallest absolute Gasteiger partial charge is 0.254 e. The van der Waals surface area contributed by atoms with Crippen LogP contribution in [0.4, 0.5) is 0 Å². The summed E-state index contributed by atoms with van der Waals surface area (Å²) in [6.45, 7) is 3.71. The summed E-state index contributed by atoms with van der Waals surface area (Å²) < 4.78 is 11.8.